The number of anilines is 1. The van der Waals surface area contributed by atoms with E-state index in [2.05, 4.69) is 10.3 Å². The Morgan fingerprint density at radius 2 is 1.93 bits per heavy atom. The molecule has 0 saturated carbocycles. The van der Waals surface area contributed by atoms with Crippen LogP contribution in [0.25, 0.3) is 22.6 Å². The van der Waals surface area contributed by atoms with Crippen molar-refractivity contribution in [3.05, 3.63) is 78.1 Å². The minimum atomic E-state index is -0.460. The number of ether oxygens (including phenoxy) is 1. The summed E-state index contributed by atoms with van der Waals surface area (Å²) in [7, 11) is 1.59. The maximum absolute atomic E-state index is 13.3. The number of aromatic nitrogens is 1. The molecule has 6 heteroatoms. The molecule has 0 bridgehead atoms. The molecular formula is C21H15FN2O3. The highest BCUT2D eigenvalue weighted by molar-refractivity contribution is 6.04. The van der Waals surface area contributed by atoms with E-state index >= 15 is 0 Å². The summed E-state index contributed by atoms with van der Waals surface area (Å²) in [6.45, 7) is 0. The summed E-state index contributed by atoms with van der Waals surface area (Å²) >= 11 is 0. The van der Waals surface area contributed by atoms with Crippen molar-refractivity contribution in [1.29, 1.82) is 0 Å². The Balaban J connectivity index is 1.61. The number of carbonyl (C=O) groups is 1. The molecule has 1 heterocycles. The molecule has 0 aliphatic rings. The Morgan fingerprint density at radius 1 is 1.07 bits per heavy atom. The first-order chi connectivity index (χ1) is 13.1. The molecule has 3 aromatic carbocycles. The number of benzene rings is 3. The van der Waals surface area contributed by atoms with E-state index in [1.165, 1.54) is 18.2 Å². The quantitative estimate of drug-likeness (QED) is 0.561. The molecule has 4 aromatic rings. The van der Waals surface area contributed by atoms with Crippen LogP contribution in [0.3, 0.4) is 0 Å². The van der Waals surface area contributed by atoms with Gasteiger partial charge >= 0.3 is 0 Å². The van der Waals surface area contributed by atoms with E-state index in [1.54, 1.807) is 49.6 Å². The Morgan fingerprint density at radius 3 is 2.74 bits per heavy atom. The molecule has 1 N–H and O–H groups in total. The van der Waals surface area contributed by atoms with Crippen molar-refractivity contribution in [3.8, 4) is 17.2 Å². The molecule has 27 heavy (non-hydrogen) atoms. The van der Waals surface area contributed by atoms with Gasteiger partial charge in [0.1, 0.15) is 17.1 Å². The highest BCUT2D eigenvalue weighted by Gasteiger charge is 2.11. The molecule has 0 fully saturated rings. The zero-order valence-corrected chi connectivity index (χ0v) is 14.4. The normalized spacial score (nSPS) is 10.7. The van der Waals surface area contributed by atoms with Gasteiger partial charge in [-0.2, -0.15) is 0 Å². The molecule has 0 spiro atoms. The van der Waals surface area contributed by atoms with E-state index in [1.807, 2.05) is 6.07 Å². The Bertz CT molecular complexity index is 1140. The fourth-order valence-electron chi connectivity index (χ4n) is 2.72. The van der Waals surface area contributed by atoms with Gasteiger partial charge in [0, 0.05) is 22.9 Å². The van der Waals surface area contributed by atoms with Crippen LogP contribution in [0, 0.1) is 5.82 Å². The minimum Gasteiger partial charge on any atom is -0.497 e. The maximum Gasteiger partial charge on any atom is 0.255 e. The van der Waals surface area contributed by atoms with Crippen molar-refractivity contribution in [1.82, 2.24) is 4.98 Å². The van der Waals surface area contributed by atoms with Crippen molar-refractivity contribution in [3.63, 3.8) is 0 Å². The highest BCUT2D eigenvalue weighted by atomic mass is 19.1. The Hall–Kier alpha value is -3.67. The second-order valence-corrected chi connectivity index (χ2v) is 5.90. The number of hydrogen-bond acceptors (Lipinski definition) is 4. The van der Waals surface area contributed by atoms with E-state index in [9.17, 15) is 9.18 Å². The number of hydrogen-bond donors (Lipinski definition) is 1. The van der Waals surface area contributed by atoms with Crippen molar-refractivity contribution >= 4 is 22.7 Å². The summed E-state index contributed by atoms with van der Waals surface area (Å²) in [5.41, 5.74) is 2.83. The van der Waals surface area contributed by atoms with Crippen molar-refractivity contribution in [2.24, 2.45) is 0 Å². The van der Waals surface area contributed by atoms with Crippen LogP contribution < -0.4 is 10.1 Å². The molecule has 0 atom stereocenters. The lowest BCUT2D eigenvalue weighted by molar-refractivity contribution is 0.102. The number of amides is 1. The smallest absolute Gasteiger partial charge is 0.255 e. The van der Waals surface area contributed by atoms with E-state index in [4.69, 9.17) is 9.15 Å². The number of nitrogens with one attached hydrogen (secondary N) is 1. The molecule has 5 nitrogen and oxygen atoms in total. The van der Waals surface area contributed by atoms with Gasteiger partial charge in [-0.1, -0.05) is 12.1 Å². The standard InChI is InChI=1S/C21H15FN2O3/c1-26-17-8-9-19-18(12-17)24-21(27-19)14-5-3-7-16(11-14)23-20(25)13-4-2-6-15(22)10-13/h2-12H,1H3,(H,23,25). The van der Waals surface area contributed by atoms with Gasteiger partial charge in [-0.05, 0) is 48.5 Å². The second-order valence-electron chi connectivity index (χ2n) is 5.90. The highest BCUT2D eigenvalue weighted by Crippen LogP contribution is 2.28. The third-order valence-corrected chi connectivity index (χ3v) is 4.05. The van der Waals surface area contributed by atoms with Crippen LogP contribution >= 0.6 is 0 Å². The van der Waals surface area contributed by atoms with Crippen LogP contribution in [0.15, 0.2) is 71.1 Å². The van der Waals surface area contributed by atoms with Crippen LogP contribution in [0.5, 0.6) is 5.75 Å². The zero-order valence-electron chi connectivity index (χ0n) is 14.4. The molecule has 1 amide bonds. The first-order valence-electron chi connectivity index (χ1n) is 8.24. The van der Waals surface area contributed by atoms with Crippen molar-refractivity contribution < 1.29 is 18.3 Å². The number of carbonyl (C=O) groups excluding carboxylic acids is 1. The number of fused-ring (bicyclic) bond motifs is 1. The predicted octanol–water partition coefficient (Wildman–Crippen LogP) is 4.89. The monoisotopic (exact) mass is 362 g/mol. The third kappa shape index (κ3) is 3.50. The van der Waals surface area contributed by atoms with Gasteiger partial charge in [0.2, 0.25) is 5.89 Å². The van der Waals surface area contributed by atoms with Crippen LogP contribution in [0.4, 0.5) is 10.1 Å². The first kappa shape index (κ1) is 16.8. The summed E-state index contributed by atoms with van der Waals surface area (Å²) < 4.78 is 24.3. The van der Waals surface area contributed by atoms with Gasteiger partial charge in [-0.25, -0.2) is 9.37 Å². The number of nitrogens with zero attached hydrogens (tertiary/aromatic N) is 1. The number of methoxy groups -OCH3 is 1. The molecule has 1 aromatic heterocycles. The lowest BCUT2D eigenvalue weighted by Crippen LogP contribution is -2.12. The number of halogens is 1. The van der Waals surface area contributed by atoms with Crippen LogP contribution in [-0.2, 0) is 0 Å². The lowest BCUT2D eigenvalue weighted by atomic mass is 10.1. The van der Waals surface area contributed by atoms with E-state index in [-0.39, 0.29) is 5.56 Å². The van der Waals surface area contributed by atoms with Crippen molar-refractivity contribution in [2.75, 3.05) is 12.4 Å². The molecule has 0 aliphatic carbocycles. The van der Waals surface area contributed by atoms with E-state index in [0.29, 0.717) is 34.0 Å². The molecular weight excluding hydrogens is 347 g/mol. The number of oxazole rings is 1. The second kappa shape index (κ2) is 6.92. The SMILES string of the molecule is COc1ccc2oc(-c3cccc(NC(=O)c4cccc(F)c4)c3)nc2c1. The average Bonchev–Trinajstić information content (AvgIpc) is 3.11. The Kier molecular flexibility index (Phi) is 4.30. The molecule has 0 radical (unpaired) electrons. The topological polar surface area (TPSA) is 64.4 Å². The van der Waals surface area contributed by atoms with Gasteiger partial charge in [-0.15, -0.1) is 0 Å². The van der Waals surface area contributed by atoms with Crippen molar-refractivity contribution in [2.45, 2.75) is 0 Å². The molecule has 0 saturated heterocycles. The summed E-state index contributed by atoms with van der Waals surface area (Å²) in [6.07, 6.45) is 0. The van der Waals surface area contributed by atoms with Crippen LogP contribution in [0.1, 0.15) is 10.4 Å². The first-order valence-corrected chi connectivity index (χ1v) is 8.24. The molecule has 0 aliphatic heterocycles. The van der Waals surface area contributed by atoms with Gasteiger partial charge < -0.3 is 14.5 Å². The fraction of sp³-hybridized carbons (Fsp3) is 0.0476. The zero-order chi connectivity index (χ0) is 18.8. The molecule has 0 unspecified atom stereocenters. The van der Waals surface area contributed by atoms with E-state index in [0.717, 1.165) is 0 Å². The third-order valence-electron chi connectivity index (χ3n) is 4.05. The lowest BCUT2D eigenvalue weighted by Gasteiger charge is -2.06. The molecule has 4 rings (SSSR count). The summed E-state index contributed by atoms with van der Waals surface area (Å²) in [6, 6.07) is 18.0. The summed E-state index contributed by atoms with van der Waals surface area (Å²) in [5.74, 6) is 0.269. The molecule has 134 valence electrons. The summed E-state index contributed by atoms with van der Waals surface area (Å²) in [4.78, 5) is 16.8. The van der Waals surface area contributed by atoms with Gasteiger partial charge in [0.05, 0.1) is 7.11 Å². The van der Waals surface area contributed by atoms with Gasteiger partial charge in [-0.3, -0.25) is 4.79 Å². The minimum absolute atomic E-state index is 0.245. The average molecular weight is 362 g/mol. The summed E-state index contributed by atoms with van der Waals surface area (Å²) in [5, 5.41) is 2.75. The maximum atomic E-state index is 13.3. The number of rotatable bonds is 4. The predicted molar refractivity (Wildman–Crippen MR) is 100 cm³/mol. The fourth-order valence-corrected chi connectivity index (χ4v) is 2.72. The van der Waals surface area contributed by atoms with E-state index < -0.39 is 11.7 Å². The van der Waals surface area contributed by atoms with Gasteiger partial charge in [0.25, 0.3) is 5.91 Å². The Labute approximate surface area is 154 Å². The van der Waals surface area contributed by atoms with Crippen LogP contribution in [-0.4, -0.2) is 18.0 Å². The van der Waals surface area contributed by atoms with Crippen LogP contribution in [0.2, 0.25) is 0 Å². The van der Waals surface area contributed by atoms with Gasteiger partial charge in [0.15, 0.2) is 5.58 Å². The largest absolute Gasteiger partial charge is 0.497 e.